The molecule has 1 unspecified atom stereocenters. The van der Waals surface area contributed by atoms with Crippen molar-refractivity contribution < 1.29 is 9.72 Å². The van der Waals surface area contributed by atoms with Crippen molar-refractivity contribution in [2.45, 2.75) is 25.8 Å². The summed E-state index contributed by atoms with van der Waals surface area (Å²) in [6, 6.07) is 4.92. The van der Waals surface area contributed by atoms with Gasteiger partial charge in [0.05, 0.1) is 4.92 Å². The first kappa shape index (κ1) is 14.1. The number of amides is 1. The van der Waals surface area contributed by atoms with Crippen molar-refractivity contribution in [1.82, 2.24) is 5.32 Å². The summed E-state index contributed by atoms with van der Waals surface area (Å²) in [6.45, 7) is 3.19. The number of non-ortho nitro benzene ring substituents is 1. The topological polar surface area (TPSA) is 96.3 Å². The normalized spacial score (nSPS) is 17.6. The molecule has 1 aromatic rings. The van der Waals surface area contributed by atoms with E-state index in [9.17, 15) is 14.9 Å². The van der Waals surface area contributed by atoms with Crippen molar-refractivity contribution in [3.8, 4) is 0 Å². The molecular weight excluding hydrogens is 260 g/mol. The van der Waals surface area contributed by atoms with E-state index in [2.05, 4.69) is 16.0 Å². The van der Waals surface area contributed by atoms with Crippen molar-refractivity contribution in [3.63, 3.8) is 0 Å². The van der Waals surface area contributed by atoms with Crippen LogP contribution in [0.3, 0.4) is 0 Å². The predicted octanol–water partition coefficient (Wildman–Crippen LogP) is 1.72. The van der Waals surface area contributed by atoms with Crippen LogP contribution in [0.4, 0.5) is 17.1 Å². The number of rotatable bonds is 6. The summed E-state index contributed by atoms with van der Waals surface area (Å²) < 4.78 is 0. The summed E-state index contributed by atoms with van der Waals surface area (Å²) >= 11 is 0. The summed E-state index contributed by atoms with van der Waals surface area (Å²) in [4.78, 5) is 21.6. The molecule has 0 radical (unpaired) electrons. The first-order valence-corrected chi connectivity index (χ1v) is 6.65. The van der Waals surface area contributed by atoms with Crippen LogP contribution >= 0.6 is 0 Å². The van der Waals surface area contributed by atoms with Gasteiger partial charge in [0, 0.05) is 49.1 Å². The maximum absolute atomic E-state index is 11.1. The molecule has 1 heterocycles. The van der Waals surface area contributed by atoms with Crippen molar-refractivity contribution in [2.75, 3.05) is 23.7 Å². The van der Waals surface area contributed by atoms with E-state index in [0.717, 1.165) is 6.42 Å². The van der Waals surface area contributed by atoms with Gasteiger partial charge in [-0.3, -0.25) is 14.9 Å². The molecule has 0 spiro atoms. The highest BCUT2D eigenvalue weighted by Crippen LogP contribution is 2.24. The van der Waals surface area contributed by atoms with Gasteiger partial charge < -0.3 is 16.0 Å². The average molecular weight is 278 g/mol. The lowest BCUT2D eigenvalue weighted by atomic mass is 10.2. The molecule has 2 rings (SSSR count). The first-order valence-electron chi connectivity index (χ1n) is 6.65. The highest BCUT2D eigenvalue weighted by molar-refractivity contribution is 5.78. The third kappa shape index (κ3) is 3.59. The van der Waals surface area contributed by atoms with Gasteiger partial charge in [-0.05, 0) is 19.4 Å². The van der Waals surface area contributed by atoms with Gasteiger partial charge in [0.2, 0.25) is 5.91 Å². The third-order valence-electron chi connectivity index (χ3n) is 3.15. The molecule has 1 atom stereocenters. The molecule has 0 saturated carbocycles. The number of nitrogens with one attached hydrogen (secondary N) is 3. The van der Waals surface area contributed by atoms with E-state index in [1.807, 2.05) is 13.0 Å². The van der Waals surface area contributed by atoms with Gasteiger partial charge in [-0.15, -0.1) is 0 Å². The molecule has 0 bridgehead atoms. The van der Waals surface area contributed by atoms with Crippen LogP contribution in [0, 0.1) is 10.1 Å². The Morgan fingerprint density at radius 1 is 1.35 bits per heavy atom. The van der Waals surface area contributed by atoms with Crippen molar-refractivity contribution in [3.05, 3.63) is 28.3 Å². The zero-order valence-corrected chi connectivity index (χ0v) is 11.3. The number of hydrogen-bond acceptors (Lipinski definition) is 5. The van der Waals surface area contributed by atoms with Gasteiger partial charge >= 0.3 is 0 Å². The molecule has 1 aliphatic rings. The Labute approximate surface area is 116 Å². The second kappa shape index (κ2) is 6.23. The average Bonchev–Trinajstić information content (AvgIpc) is 2.82. The van der Waals surface area contributed by atoms with Crippen molar-refractivity contribution in [1.29, 1.82) is 0 Å². The number of nitrogens with zero attached hydrogens (tertiary/aromatic N) is 1. The summed E-state index contributed by atoms with van der Waals surface area (Å²) in [5, 5.41) is 20.0. The highest BCUT2D eigenvalue weighted by atomic mass is 16.6. The standard InChI is InChI=1S/C13H18N4O3/c1-2-14-10-5-11(7-12(6-10)17(19)20)15-8-9-3-4-13(18)16-9/h5-7,9,14-15H,2-4,8H2,1H3,(H,16,18). The lowest BCUT2D eigenvalue weighted by Gasteiger charge is -2.13. The second-order valence-corrected chi connectivity index (χ2v) is 4.74. The fourth-order valence-corrected chi connectivity index (χ4v) is 2.20. The molecule has 7 heteroatoms. The van der Waals surface area contributed by atoms with E-state index in [4.69, 9.17) is 0 Å². The monoisotopic (exact) mass is 278 g/mol. The van der Waals surface area contributed by atoms with E-state index in [1.54, 1.807) is 0 Å². The molecule has 1 amide bonds. The maximum Gasteiger partial charge on any atom is 0.273 e. The number of carbonyl (C=O) groups excluding carboxylic acids is 1. The van der Waals surface area contributed by atoms with Gasteiger partial charge in [0.25, 0.3) is 5.69 Å². The fourth-order valence-electron chi connectivity index (χ4n) is 2.20. The van der Waals surface area contributed by atoms with Gasteiger partial charge in [0.1, 0.15) is 0 Å². The minimum absolute atomic E-state index is 0.0430. The Hall–Kier alpha value is -2.31. The largest absolute Gasteiger partial charge is 0.385 e. The molecule has 3 N–H and O–H groups in total. The Balaban J connectivity index is 2.05. The van der Waals surface area contributed by atoms with Gasteiger partial charge in [0.15, 0.2) is 0 Å². The molecule has 1 aromatic carbocycles. The summed E-state index contributed by atoms with van der Waals surface area (Å²) in [5.41, 5.74) is 1.43. The Kier molecular flexibility index (Phi) is 4.39. The van der Waals surface area contributed by atoms with Crippen LogP contribution < -0.4 is 16.0 Å². The number of benzene rings is 1. The van der Waals surface area contributed by atoms with E-state index in [1.165, 1.54) is 12.1 Å². The predicted molar refractivity (Wildman–Crippen MR) is 76.9 cm³/mol. The molecule has 108 valence electrons. The van der Waals surface area contributed by atoms with Crippen LogP contribution in [0.5, 0.6) is 0 Å². The Morgan fingerprint density at radius 3 is 2.60 bits per heavy atom. The quantitative estimate of drug-likeness (QED) is 0.544. The summed E-state index contributed by atoms with van der Waals surface area (Å²) in [5.74, 6) is 0.0594. The number of nitro benzene ring substituents is 1. The number of anilines is 2. The van der Waals surface area contributed by atoms with Crippen LogP contribution in [0.25, 0.3) is 0 Å². The van der Waals surface area contributed by atoms with Crippen molar-refractivity contribution >= 4 is 23.0 Å². The molecule has 7 nitrogen and oxygen atoms in total. The van der Waals surface area contributed by atoms with E-state index >= 15 is 0 Å². The van der Waals surface area contributed by atoms with Crippen LogP contribution in [-0.4, -0.2) is 30.0 Å². The van der Waals surface area contributed by atoms with Crippen LogP contribution in [0.2, 0.25) is 0 Å². The van der Waals surface area contributed by atoms with E-state index < -0.39 is 4.92 Å². The summed E-state index contributed by atoms with van der Waals surface area (Å²) in [6.07, 6.45) is 1.34. The summed E-state index contributed by atoms with van der Waals surface area (Å²) in [7, 11) is 0. The van der Waals surface area contributed by atoms with Crippen molar-refractivity contribution in [2.24, 2.45) is 0 Å². The number of hydrogen-bond donors (Lipinski definition) is 3. The van der Waals surface area contributed by atoms with E-state index in [-0.39, 0.29) is 17.6 Å². The highest BCUT2D eigenvalue weighted by Gasteiger charge is 2.20. The smallest absolute Gasteiger partial charge is 0.273 e. The lowest BCUT2D eigenvalue weighted by molar-refractivity contribution is -0.384. The van der Waals surface area contributed by atoms with Crippen LogP contribution in [-0.2, 0) is 4.79 Å². The Bertz CT molecular complexity index is 518. The fraction of sp³-hybridized carbons (Fsp3) is 0.462. The molecular formula is C13H18N4O3. The molecule has 0 aliphatic carbocycles. The van der Waals surface area contributed by atoms with Crippen LogP contribution in [0.1, 0.15) is 19.8 Å². The molecule has 1 aliphatic heterocycles. The molecule has 1 saturated heterocycles. The van der Waals surface area contributed by atoms with Gasteiger partial charge in [-0.25, -0.2) is 0 Å². The van der Waals surface area contributed by atoms with Crippen LogP contribution in [0.15, 0.2) is 18.2 Å². The molecule has 1 fully saturated rings. The van der Waals surface area contributed by atoms with E-state index in [0.29, 0.717) is 30.9 Å². The molecule has 20 heavy (non-hydrogen) atoms. The Morgan fingerprint density at radius 2 is 2.05 bits per heavy atom. The SMILES string of the molecule is CCNc1cc(NCC2CCC(=O)N2)cc([N+](=O)[O-])c1. The first-order chi connectivity index (χ1) is 9.58. The second-order valence-electron chi connectivity index (χ2n) is 4.74. The van der Waals surface area contributed by atoms with Gasteiger partial charge in [-0.2, -0.15) is 0 Å². The minimum atomic E-state index is -0.413. The maximum atomic E-state index is 11.1. The van der Waals surface area contributed by atoms with Gasteiger partial charge in [-0.1, -0.05) is 0 Å². The number of carbonyl (C=O) groups is 1. The zero-order valence-electron chi connectivity index (χ0n) is 11.3. The minimum Gasteiger partial charge on any atom is -0.385 e. The third-order valence-corrected chi connectivity index (χ3v) is 3.15. The number of nitro groups is 1. The lowest BCUT2D eigenvalue weighted by Crippen LogP contribution is -2.31. The molecule has 0 aromatic heterocycles. The zero-order chi connectivity index (χ0) is 14.5.